The molecule has 4 heteroatoms. The fraction of sp³-hybridized carbons (Fsp3) is 0.680. The zero-order chi connectivity index (χ0) is 20.6. The molecule has 0 aliphatic heterocycles. The number of aliphatic hydroxyl groups is 1. The maximum atomic E-state index is 12.4. The van der Waals surface area contributed by atoms with Gasteiger partial charge in [0.05, 0.1) is 6.10 Å². The second-order valence-electron chi connectivity index (χ2n) is 9.07. The predicted octanol–water partition coefficient (Wildman–Crippen LogP) is 5.79. The fourth-order valence-electron chi connectivity index (χ4n) is 5.33. The molecule has 0 saturated heterocycles. The Morgan fingerprint density at radius 1 is 0.966 bits per heavy atom. The molecule has 2 aliphatic rings. The molecule has 160 valence electrons. The standard InChI is InChI=1S/C25H36O4/c26-23-17-16-21(22(23)10-6-1-2-7-11-24(27)28)18-12-14-20(15-13-18)25(29)19-8-4-3-5-9-19/h12-15,19,21-22,25,29H,1-11,16-17H2,(H,27,28). The van der Waals surface area contributed by atoms with Gasteiger partial charge in [0.1, 0.15) is 5.78 Å². The molecule has 3 unspecified atom stereocenters. The molecule has 0 radical (unpaired) electrons. The van der Waals surface area contributed by atoms with Crippen molar-refractivity contribution in [2.45, 2.75) is 95.5 Å². The number of carboxylic acid groups (broad SMARTS) is 1. The number of Topliss-reactive ketones (excluding diaryl/α,β-unsaturated/α-hetero) is 1. The van der Waals surface area contributed by atoms with Crippen LogP contribution in [-0.4, -0.2) is 22.0 Å². The summed E-state index contributed by atoms with van der Waals surface area (Å²) in [5, 5.41) is 19.4. The van der Waals surface area contributed by atoms with Gasteiger partial charge in [0.25, 0.3) is 0 Å². The number of carboxylic acids is 1. The van der Waals surface area contributed by atoms with Gasteiger partial charge in [0.15, 0.2) is 0 Å². The first kappa shape index (κ1) is 22.0. The van der Waals surface area contributed by atoms with E-state index in [4.69, 9.17) is 5.11 Å². The minimum absolute atomic E-state index is 0.101. The summed E-state index contributed by atoms with van der Waals surface area (Å²) in [6.45, 7) is 0. The van der Waals surface area contributed by atoms with Crippen LogP contribution in [0.1, 0.15) is 107 Å². The average molecular weight is 401 g/mol. The molecular weight excluding hydrogens is 364 g/mol. The van der Waals surface area contributed by atoms with Crippen molar-refractivity contribution in [2.75, 3.05) is 0 Å². The first-order valence-electron chi connectivity index (χ1n) is 11.6. The summed E-state index contributed by atoms with van der Waals surface area (Å²) in [4.78, 5) is 23.0. The molecule has 29 heavy (non-hydrogen) atoms. The number of benzene rings is 1. The molecule has 0 bridgehead atoms. The number of hydrogen-bond donors (Lipinski definition) is 2. The lowest BCUT2D eigenvalue weighted by atomic mass is 9.81. The van der Waals surface area contributed by atoms with Crippen LogP contribution in [-0.2, 0) is 9.59 Å². The molecule has 2 N–H and O–H groups in total. The number of hydrogen-bond acceptors (Lipinski definition) is 3. The molecule has 1 aromatic carbocycles. The molecule has 4 nitrogen and oxygen atoms in total. The summed E-state index contributed by atoms with van der Waals surface area (Å²) in [7, 11) is 0. The lowest BCUT2D eigenvalue weighted by Crippen LogP contribution is -2.16. The SMILES string of the molecule is O=C(O)CCCCCCC1C(=O)CCC1c1ccc(C(O)C2CCCCC2)cc1. The molecule has 2 aliphatic carbocycles. The Hall–Kier alpha value is -1.68. The number of carbonyl (C=O) groups is 2. The van der Waals surface area contributed by atoms with Gasteiger partial charge in [-0.25, -0.2) is 0 Å². The van der Waals surface area contributed by atoms with E-state index < -0.39 is 5.97 Å². The van der Waals surface area contributed by atoms with Gasteiger partial charge in [0, 0.05) is 18.8 Å². The van der Waals surface area contributed by atoms with Gasteiger partial charge in [0.2, 0.25) is 0 Å². The Balaban J connectivity index is 1.52. The van der Waals surface area contributed by atoms with Gasteiger partial charge < -0.3 is 10.2 Å². The molecule has 0 amide bonds. The molecule has 1 aromatic rings. The van der Waals surface area contributed by atoms with E-state index >= 15 is 0 Å². The van der Waals surface area contributed by atoms with Crippen molar-refractivity contribution < 1.29 is 19.8 Å². The molecule has 3 rings (SSSR count). The van der Waals surface area contributed by atoms with Crippen molar-refractivity contribution in [2.24, 2.45) is 11.8 Å². The van der Waals surface area contributed by atoms with E-state index in [1.165, 1.54) is 24.8 Å². The van der Waals surface area contributed by atoms with Crippen molar-refractivity contribution >= 4 is 11.8 Å². The Morgan fingerprint density at radius 2 is 1.66 bits per heavy atom. The summed E-state index contributed by atoms with van der Waals surface area (Å²) >= 11 is 0. The Kier molecular flexibility index (Phi) is 8.29. The van der Waals surface area contributed by atoms with Gasteiger partial charge in [-0.3, -0.25) is 9.59 Å². The first-order chi connectivity index (χ1) is 14.1. The highest BCUT2D eigenvalue weighted by molar-refractivity contribution is 5.84. The maximum Gasteiger partial charge on any atom is 0.303 e. The second-order valence-corrected chi connectivity index (χ2v) is 9.07. The first-order valence-corrected chi connectivity index (χ1v) is 11.6. The summed E-state index contributed by atoms with van der Waals surface area (Å²) < 4.78 is 0. The molecule has 2 fully saturated rings. The Labute approximate surface area is 174 Å². The van der Waals surface area contributed by atoms with E-state index in [9.17, 15) is 14.7 Å². The lowest BCUT2D eigenvalue weighted by Gasteiger charge is -2.27. The highest BCUT2D eigenvalue weighted by Gasteiger charge is 2.35. The summed E-state index contributed by atoms with van der Waals surface area (Å²) in [6, 6.07) is 8.40. The molecule has 0 heterocycles. The molecular formula is C25H36O4. The van der Waals surface area contributed by atoms with Gasteiger partial charge >= 0.3 is 5.97 Å². The average Bonchev–Trinajstić information content (AvgIpc) is 3.11. The van der Waals surface area contributed by atoms with Crippen LogP contribution in [0, 0.1) is 11.8 Å². The number of rotatable bonds is 10. The van der Waals surface area contributed by atoms with Gasteiger partial charge in [-0.05, 0) is 55.1 Å². The van der Waals surface area contributed by atoms with E-state index in [0.717, 1.165) is 56.9 Å². The zero-order valence-electron chi connectivity index (χ0n) is 17.5. The van der Waals surface area contributed by atoms with Crippen LogP contribution in [0.4, 0.5) is 0 Å². The maximum absolute atomic E-state index is 12.4. The quantitative estimate of drug-likeness (QED) is 0.488. The van der Waals surface area contributed by atoms with Crippen LogP contribution in [0.25, 0.3) is 0 Å². The molecule has 0 spiro atoms. The largest absolute Gasteiger partial charge is 0.481 e. The topological polar surface area (TPSA) is 74.6 Å². The van der Waals surface area contributed by atoms with Crippen LogP contribution in [0.3, 0.4) is 0 Å². The van der Waals surface area contributed by atoms with Gasteiger partial charge in [-0.2, -0.15) is 0 Å². The fourth-order valence-corrected chi connectivity index (χ4v) is 5.33. The smallest absolute Gasteiger partial charge is 0.303 e. The molecule has 2 saturated carbocycles. The highest BCUT2D eigenvalue weighted by Crippen LogP contribution is 2.41. The van der Waals surface area contributed by atoms with Crippen LogP contribution in [0.5, 0.6) is 0 Å². The Bertz CT molecular complexity index is 660. The molecule has 0 aromatic heterocycles. The molecule has 3 atom stereocenters. The number of carbonyl (C=O) groups excluding carboxylic acids is 1. The van der Waals surface area contributed by atoms with E-state index in [0.29, 0.717) is 24.0 Å². The third-order valence-electron chi connectivity index (χ3n) is 7.06. The van der Waals surface area contributed by atoms with Crippen molar-refractivity contribution in [3.05, 3.63) is 35.4 Å². The van der Waals surface area contributed by atoms with Gasteiger partial charge in [-0.15, -0.1) is 0 Å². The highest BCUT2D eigenvalue weighted by atomic mass is 16.4. The lowest BCUT2D eigenvalue weighted by molar-refractivity contribution is -0.137. The predicted molar refractivity (Wildman–Crippen MR) is 114 cm³/mol. The van der Waals surface area contributed by atoms with Crippen LogP contribution < -0.4 is 0 Å². The van der Waals surface area contributed by atoms with Gasteiger partial charge in [-0.1, -0.05) is 62.8 Å². The van der Waals surface area contributed by atoms with E-state index in [1.807, 2.05) is 0 Å². The number of ketones is 1. The van der Waals surface area contributed by atoms with Crippen molar-refractivity contribution in [3.8, 4) is 0 Å². The third-order valence-corrected chi connectivity index (χ3v) is 7.06. The van der Waals surface area contributed by atoms with E-state index in [2.05, 4.69) is 24.3 Å². The van der Waals surface area contributed by atoms with Crippen molar-refractivity contribution in [1.29, 1.82) is 0 Å². The minimum Gasteiger partial charge on any atom is -0.481 e. The second kappa shape index (κ2) is 10.9. The van der Waals surface area contributed by atoms with Crippen molar-refractivity contribution in [3.63, 3.8) is 0 Å². The van der Waals surface area contributed by atoms with Crippen LogP contribution in [0.2, 0.25) is 0 Å². The van der Waals surface area contributed by atoms with Crippen LogP contribution in [0.15, 0.2) is 24.3 Å². The monoisotopic (exact) mass is 400 g/mol. The third kappa shape index (κ3) is 6.15. The summed E-state index contributed by atoms with van der Waals surface area (Å²) in [5.41, 5.74) is 2.24. The minimum atomic E-state index is -0.729. The Morgan fingerprint density at radius 3 is 2.34 bits per heavy atom. The summed E-state index contributed by atoms with van der Waals surface area (Å²) in [6.07, 6.45) is 12.0. The number of unbranched alkanes of at least 4 members (excludes halogenated alkanes) is 3. The zero-order valence-corrected chi connectivity index (χ0v) is 17.5. The number of aliphatic hydroxyl groups excluding tert-OH is 1. The number of aliphatic carboxylic acids is 1. The summed E-state index contributed by atoms with van der Waals surface area (Å²) in [5.74, 6) is 0.433. The van der Waals surface area contributed by atoms with E-state index in [1.54, 1.807) is 0 Å². The van der Waals surface area contributed by atoms with Crippen LogP contribution >= 0.6 is 0 Å². The van der Waals surface area contributed by atoms with E-state index in [-0.39, 0.29) is 18.4 Å². The van der Waals surface area contributed by atoms with Crippen molar-refractivity contribution in [1.82, 2.24) is 0 Å². The normalized spacial score (nSPS) is 24.0.